The molecule has 1 aromatic rings. The molecule has 0 spiro atoms. The van der Waals surface area contributed by atoms with Crippen molar-refractivity contribution in [2.45, 2.75) is 13.0 Å². The first-order valence-electron chi connectivity index (χ1n) is 3.91. The minimum absolute atomic E-state index is 0.0109. The molecule has 0 atom stereocenters. The first-order chi connectivity index (χ1) is 6.60. The lowest BCUT2D eigenvalue weighted by Gasteiger charge is -2.10. The minimum Gasteiger partial charge on any atom is -0.480 e. The SMILES string of the molecule is COc1nc(C(F)F)cc(CN)c1N. The van der Waals surface area contributed by atoms with Gasteiger partial charge in [0.1, 0.15) is 5.69 Å². The zero-order valence-electron chi connectivity index (χ0n) is 7.63. The van der Waals surface area contributed by atoms with E-state index in [0.717, 1.165) is 0 Å². The topological polar surface area (TPSA) is 74.2 Å². The Hall–Kier alpha value is -1.43. The Morgan fingerprint density at radius 2 is 2.21 bits per heavy atom. The molecule has 0 aliphatic rings. The summed E-state index contributed by atoms with van der Waals surface area (Å²) in [6.07, 6.45) is -2.66. The molecule has 6 heteroatoms. The number of anilines is 1. The number of nitrogens with zero attached hydrogens (tertiary/aromatic N) is 1. The van der Waals surface area contributed by atoms with E-state index < -0.39 is 6.43 Å². The number of methoxy groups -OCH3 is 1. The van der Waals surface area contributed by atoms with Crippen molar-refractivity contribution in [3.63, 3.8) is 0 Å². The van der Waals surface area contributed by atoms with E-state index in [1.807, 2.05) is 0 Å². The number of nitrogens with two attached hydrogens (primary N) is 2. The van der Waals surface area contributed by atoms with Crippen LogP contribution in [0.5, 0.6) is 5.88 Å². The number of alkyl halides is 2. The molecule has 0 saturated heterocycles. The summed E-state index contributed by atoms with van der Waals surface area (Å²) in [6.45, 7) is 0.0738. The van der Waals surface area contributed by atoms with Gasteiger partial charge in [0.15, 0.2) is 0 Å². The van der Waals surface area contributed by atoms with E-state index in [1.165, 1.54) is 13.2 Å². The number of rotatable bonds is 3. The van der Waals surface area contributed by atoms with Crippen LogP contribution in [0.4, 0.5) is 14.5 Å². The third-order valence-corrected chi connectivity index (χ3v) is 1.77. The van der Waals surface area contributed by atoms with Crippen molar-refractivity contribution >= 4 is 5.69 Å². The lowest BCUT2D eigenvalue weighted by atomic mass is 10.2. The summed E-state index contributed by atoms with van der Waals surface area (Å²) in [5.41, 5.74) is 11.1. The highest BCUT2D eigenvalue weighted by Gasteiger charge is 2.15. The van der Waals surface area contributed by atoms with Gasteiger partial charge in [0.2, 0.25) is 5.88 Å². The smallest absolute Gasteiger partial charge is 0.280 e. The fraction of sp³-hybridized carbons (Fsp3) is 0.375. The zero-order valence-corrected chi connectivity index (χ0v) is 7.63. The summed E-state index contributed by atoms with van der Waals surface area (Å²) < 4.78 is 29.4. The molecule has 0 fully saturated rings. The van der Waals surface area contributed by atoms with E-state index in [9.17, 15) is 8.78 Å². The molecule has 0 saturated carbocycles. The van der Waals surface area contributed by atoms with E-state index in [1.54, 1.807) is 0 Å². The van der Waals surface area contributed by atoms with Crippen molar-refractivity contribution in [1.82, 2.24) is 4.98 Å². The van der Waals surface area contributed by atoms with Crippen LogP contribution in [-0.4, -0.2) is 12.1 Å². The summed E-state index contributed by atoms with van der Waals surface area (Å²) in [7, 11) is 1.31. The quantitative estimate of drug-likeness (QED) is 0.770. The van der Waals surface area contributed by atoms with Crippen molar-refractivity contribution in [3.8, 4) is 5.88 Å². The number of pyridine rings is 1. The third-order valence-electron chi connectivity index (χ3n) is 1.77. The Kier molecular flexibility index (Phi) is 3.19. The van der Waals surface area contributed by atoms with Crippen LogP contribution < -0.4 is 16.2 Å². The van der Waals surface area contributed by atoms with Crippen LogP contribution in [-0.2, 0) is 6.54 Å². The molecule has 78 valence electrons. The van der Waals surface area contributed by atoms with Gasteiger partial charge < -0.3 is 16.2 Å². The first-order valence-corrected chi connectivity index (χ1v) is 3.91. The van der Waals surface area contributed by atoms with Gasteiger partial charge in [0.05, 0.1) is 12.8 Å². The molecule has 1 aromatic heterocycles. The molecule has 0 aliphatic carbocycles. The fourth-order valence-corrected chi connectivity index (χ4v) is 1.04. The second-order valence-corrected chi connectivity index (χ2v) is 2.63. The lowest BCUT2D eigenvalue weighted by Crippen LogP contribution is -2.07. The van der Waals surface area contributed by atoms with Gasteiger partial charge in [-0.3, -0.25) is 0 Å². The van der Waals surface area contributed by atoms with Crippen molar-refractivity contribution in [1.29, 1.82) is 0 Å². The number of hydrogen-bond acceptors (Lipinski definition) is 4. The van der Waals surface area contributed by atoms with Gasteiger partial charge in [-0.1, -0.05) is 0 Å². The molecule has 4 N–H and O–H groups in total. The molecule has 1 heterocycles. The van der Waals surface area contributed by atoms with Crippen LogP contribution in [0, 0.1) is 0 Å². The highest BCUT2D eigenvalue weighted by molar-refractivity contribution is 5.55. The third kappa shape index (κ3) is 1.90. The number of aromatic nitrogens is 1. The molecule has 0 amide bonds. The number of halogens is 2. The van der Waals surface area contributed by atoms with Gasteiger partial charge in [-0.15, -0.1) is 0 Å². The second-order valence-electron chi connectivity index (χ2n) is 2.63. The standard InChI is InChI=1S/C8H11F2N3O/c1-14-8-6(12)4(3-11)2-5(13-8)7(9)10/h2,7H,3,11-12H2,1H3. The van der Waals surface area contributed by atoms with Gasteiger partial charge in [-0.05, 0) is 11.6 Å². The van der Waals surface area contributed by atoms with Crippen molar-refractivity contribution in [2.75, 3.05) is 12.8 Å². The van der Waals surface area contributed by atoms with E-state index in [-0.39, 0.29) is 23.8 Å². The lowest BCUT2D eigenvalue weighted by molar-refractivity contribution is 0.145. The molecule has 4 nitrogen and oxygen atoms in total. The van der Waals surface area contributed by atoms with E-state index in [2.05, 4.69) is 4.98 Å². The summed E-state index contributed by atoms with van der Waals surface area (Å²) in [5.74, 6) is -0.0109. The molecular formula is C8H11F2N3O. The summed E-state index contributed by atoms with van der Waals surface area (Å²) in [6, 6.07) is 1.18. The summed E-state index contributed by atoms with van der Waals surface area (Å²) >= 11 is 0. The monoisotopic (exact) mass is 203 g/mol. The van der Waals surface area contributed by atoms with Crippen molar-refractivity contribution < 1.29 is 13.5 Å². The average molecular weight is 203 g/mol. The van der Waals surface area contributed by atoms with Crippen LogP contribution in [0.1, 0.15) is 17.7 Å². The maximum atomic E-state index is 12.3. The summed E-state index contributed by atoms with van der Waals surface area (Å²) in [4.78, 5) is 3.55. The van der Waals surface area contributed by atoms with Crippen LogP contribution in [0.25, 0.3) is 0 Å². The molecule has 0 aromatic carbocycles. The van der Waals surface area contributed by atoms with Crippen LogP contribution in [0.3, 0.4) is 0 Å². The van der Waals surface area contributed by atoms with Gasteiger partial charge in [0, 0.05) is 6.54 Å². The zero-order chi connectivity index (χ0) is 10.7. The Morgan fingerprint density at radius 3 is 2.64 bits per heavy atom. The normalized spacial score (nSPS) is 10.6. The number of nitrogen functional groups attached to an aromatic ring is 1. The molecule has 0 unspecified atom stereocenters. The Balaban J connectivity index is 3.25. The van der Waals surface area contributed by atoms with Gasteiger partial charge >= 0.3 is 0 Å². The molecule has 0 radical (unpaired) electrons. The van der Waals surface area contributed by atoms with Crippen LogP contribution in [0.15, 0.2) is 6.07 Å². The molecular weight excluding hydrogens is 192 g/mol. The Bertz CT molecular complexity index is 305. The fourth-order valence-electron chi connectivity index (χ4n) is 1.04. The van der Waals surface area contributed by atoms with E-state index in [0.29, 0.717) is 5.56 Å². The Morgan fingerprint density at radius 1 is 1.57 bits per heavy atom. The first kappa shape index (κ1) is 10.6. The van der Waals surface area contributed by atoms with E-state index >= 15 is 0 Å². The van der Waals surface area contributed by atoms with Crippen LogP contribution >= 0.6 is 0 Å². The van der Waals surface area contributed by atoms with Gasteiger partial charge in [-0.2, -0.15) is 0 Å². The molecule has 0 aliphatic heterocycles. The largest absolute Gasteiger partial charge is 0.480 e. The predicted octanol–water partition coefficient (Wildman–Crippen LogP) is 1.07. The Labute approximate surface area is 79.9 Å². The highest BCUT2D eigenvalue weighted by Crippen LogP contribution is 2.27. The highest BCUT2D eigenvalue weighted by atomic mass is 19.3. The second kappa shape index (κ2) is 4.19. The molecule has 1 rings (SSSR count). The number of hydrogen-bond donors (Lipinski definition) is 2. The van der Waals surface area contributed by atoms with Crippen molar-refractivity contribution in [2.24, 2.45) is 5.73 Å². The van der Waals surface area contributed by atoms with E-state index in [4.69, 9.17) is 16.2 Å². The maximum Gasteiger partial charge on any atom is 0.280 e. The summed E-state index contributed by atoms with van der Waals surface area (Å²) in [5, 5.41) is 0. The van der Waals surface area contributed by atoms with Gasteiger partial charge in [-0.25, -0.2) is 13.8 Å². The molecule has 14 heavy (non-hydrogen) atoms. The molecule has 0 bridgehead atoms. The van der Waals surface area contributed by atoms with Crippen LogP contribution in [0.2, 0.25) is 0 Å². The van der Waals surface area contributed by atoms with Gasteiger partial charge in [0.25, 0.3) is 6.43 Å². The predicted molar refractivity (Wildman–Crippen MR) is 48.0 cm³/mol. The number of ether oxygens (including phenoxy) is 1. The maximum absolute atomic E-state index is 12.3. The minimum atomic E-state index is -2.66. The van der Waals surface area contributed by atoms with Crippen molar-refractivity contribution in [3.05, 3.63) is 17.3 Å². The average Bonchev–Trinajstić information content (AvgIpc) is 2.17.